The summed E-state index contributed by atoms with van der Waals surface area (Å²) >= 11 is 0. The van der Waals surface area contributed by atoms with Crippen molar-refractivity contribution in [2.24, 2.45) is 0 Å². The molecular formula is C25H28ClNO. The average Bonchev–Trinajstić information content (AvgIpc) is 3.53. The third kappa shape index (κ3) is 5.77. The molecule has 3 aromatic carbocycles. The SMILES string of the molecule is C[C@H](Cc1cccc(OCc2ccccc2)c1)Nc1ccc(C2CC2)cc1.Cl. The zero-order valence-electron chi connectivity index (χ0n) is 16.3. The highest BCUT2D eigenvalue weighted by Crippen LogP contribution is 2.40. The molecule has 1 aliphatic rings. The topological polar surface area (TPSA) is 21.3 Å². The molecule has 0 spiro atoms. The average molecular weight is 394 g/mol. The third-order valence-corrected chi connectivity index (χ3v) is 5.06. The third-order valence-electron chi connectivity index (χ3n) is 5.06. The number of rotatable bonds is 8. The largest absolute Gasteiger partial charge is 0.489 e. The fourth-order valence-corrected chi connectivity index (χ4v) is 3.46. The molecule has 28 heavy (non-hydrogen) atoms. The van der Waals surface area contributed by atoms with Crippen molar-refractivity contribution in [1.82, 2.24) is 0 Å². The Labute approximate surface area is 174 Å². The second-order valence-electron chi connectivity index (χ2n) is 7.57. The van der Waals surface area contributed by atoms with Gasteiger partial charge in [0.25, 0.3) is 0 Å². The van der Waals surface area contributed by atoms with E-state index in [1.165, 1.54) is 35.2 Å². The van der Waals surface area contributed by atoms with Gasteiger partial charge in [-0.1, -0.05) is 54.6 Å². The summed E-state index contributed by atoms with van der Waals surface area (Å²) in [6.45, 7) is 2.83. The summed E-state index contributed by atoms with van der Waals surface area (Å²) < 4.78 is 5.95. The molecule has 1 aliphatic carbocycles. The van der Waals surface area contributed by atoms with Crippen molar-refractivity contribution in [3.63, 3.8) is 0 Å². The van der Waals surface area contributed by atoms with E-state index in [1.807, 2.05) is 24.3 Å². The summed E-state index contributed by atoms with van der Waals surface area (Å²) in [5.41, 5.74) is 5.16. The maximum atomic E-state index is 5.95. The Hall–Kier alpha value is -2.45. The second-order valence-corrected chi connectivity index (χ2v) is 7.57. The summed E-state index contributed by atoms with van der Waals surface area (Å²) in [7, 11) is 0. The number of nitrogens with one attached hydrogen (secondary N) is 1. The van der Waals surface area contributed by atoms with Gasteiger partial charge < -0.3 is 10.1 Å². The Kier molecular flexibility index (Phi) is 7.00. The van der Waals surface area contributed by atoms with E-state index in [9.17, 15) is 0 Å². The van der Waals surface area contributed by atoms with Crippen molar-refractivity contribution in [1.29, 1.82) is 0 Å². The van der Waals surface area contributed by atoms with Gasteiger partial charge in [0.15, 0.2) is 0 Å². The second kappa shape index (κ2) is 9.66. The van der Waals surface area contributed by atoms with Gasteiger partial charge in [0.05, 0.1) is 0 Å². The normalized spacial score (nSPS) is 14.0. The maximum Gasteiger partial charge on any atom is 0.120 e. The van der Waals surface area contributed by atoms with Gasteiger partial charge in [-0.2, -0.15) is 0 Å². The zero-order valence-corrected chi connectivity index (χ0v) is 17.1. The van der Waals surface area contributed by atoms with Crippen molar-refractivity contribution in [2.75, 3.05) is 5.32 Å². The highest BCUT2D eigenvalue weighted by Gasteiger charge is 2.22. The fraction of sp³-hybridized carbons (Fsp3) is 0.280. The molecule has 0 saturated heterocycles. The molecule has 0 bridgehead atoms. The maximum absolute atomic E-state index is 5.95. The highest BCUT2D eigenvalue weighted by molar-refractivity contribution is 5.85. The molecule has 146 valence electrons. The van der Waals surface area contributed by atoms with Crippen LogP contribution in [0.4, 0.5) is 5.69 Å². The molecule has 0 aliphatic heterocycles. The van der Waals surface area contributed by atoms with E-state index in [-0.39, 0.29) is 12.4 Å². The van der Waals surface area contributed by atoms with E-state index < -0.39 is 0 Å². The van der Waals surface area contributed by atoms with E-state index in [2.05, 4.69) is 66.8 Å². The first kappa shape index (κ1) is 20.3. The molecule has 0 radical (unpaired) electrons. The van der Waals surface area contributed by atoms with E-state index in [1.54, 1.807) is 0 Å². The minimum absolute atomic E-state index is 0. The number of hydrogen-bond acceptors (Lipinski definition) is 2. The Morgan fingerprint density at radius 3 is 2.32 bits per heavy atom. The van der Waals surface area contributed by atoms with Crippen LogP contribution in [-0.2, 0) is 13.0 Å². The molecule has 1 fully saturated rings. The Balaban J connectivity index is 0.00000225. The molecule has 1 N–H and O–H groups in total. The summed E-state index contributed by atoms with van der Waals surface area (Å²) in [5.74, 6) is 1.74. The molecule has 3 aromatic rings. The van der Waals surface area contributed by atoms with E-state index in [0.29, 0.717) is 12.6 Å². The van der Waals surface area contributed by atoms with Crippen LogP contribution in [-0.4, -0.2) is 6.04 Å². The predicted octanol–water partition coefficient (Wildman–Crippen LogP) is 6.61. The van der Waals surface area contributed by atoms with Crippen LogP contribution in [0, 0.1) is 0 Å². The molecule has 2 nitrogen and oxygen atoms in total. The summed E-state index contributed by atoms with van der Waals surface area (Å²) in [6, 6.07) is 28.0. The zero-order chi connectivity index (χ0) is 18.5. The molecule has 0 heterocycles. The fourth-order valence-electron chi connectivity index (χ4n) is 3.46. The first-order chi connectivity index (χ1) is 13.3. The Morgan fingerprint density at radius 1 is 0.893 bits per heavy atom. The van der Waals surface area contributed by atoms with Crippen LogP contribution in [0.15, 0.2) is 78.9 Å². The summed E-state index contributed by atoms with van der Waals surface area (Å²) in [5, 5.41) is 3.61. The summed E-state index contributed by atoms with van der Waals surface area (Å²) in [4.78, 5) is 0. The van der Waals surface area contributed by atoms with Crippen molar-refractivity contribution < 1.29 is 4.74 Å². The highest BCUT2D eigenvalue weighted by atomic mass is 35.5. The number of benzene rings is 3. The van der Waals surface area contributed by atoms with Crippen LogP contribution in [0.1, 0.15) is 42.4 Å². The molecule has 4 rings (SSSR count). The van der Waals surface area contributed by atoms with Crippen LogP contribution in [0.2, 0.25) is 0 Å². The van der Waals surface area contributed by atoms with E-state index in [4.69, 9.17) is 4.74 Å². The van der Waals surface area contributed by atoms with Gasteiger partial charge in [-0.25, -0.2) is 0 Å². The molecule has 1 atom stereocenters. The molecule has 1 saturated carbocycles. The Morgan fingerprint density at radius 2 is 1.61 bits per heavy atom. The van der Waals surface area contributed by atoms with Crippen molar-refractivity contribution in [3.05, 3.63) is 95.6 Å². The quantitative estimate of drug-likeness (QED) is 0.465. The first-order valence-corrected chi connectivity index (χ1v) is 9.88. The van der Waals surface area contributed by atoms with Gasteiger partial charge in [-0.15, -0.1) is 12.4 Å². The molecule has 0 aromatic heterocycles. The van der Waals surface area contributed by atoms with Crippen molar-refractivity contribution >= 4 is 18.1 Å². The van der Waals surface area contributed by atoms with Crippen LogP contribution in [0.5, 0.6) is 5.75 Å². The Bertz CT molecular complexity index is 859. The van der Waals surface area contributed by atoms with Gasteiger partial charge in [0.1, 0.15) is 12.4 Å². The number of anilines is 1. The van der Waals surface area contributed by atoms with Crippen LogP contribution in [0.3, 0.4) is 0 Å². The monoisotopic (exact) mass is 393 g/mol. The molecule has 0 unspecified atom stereocenters. The lowest BCUT2D eigenvalue weighted by molar-refractivity contribution is 0.306. The number of ether oxygens (including phenoxy) is 1. The van der Waals surface area contributed by atoms with Gasteiger partial charge in [0.2, 0.25) is 0 Å². The van der Waals surface area contributed by atoms with Crippen LogP contribution in [0.25, 0.3) is 0 Å². The van der Waals surface area contributed by atoms with Crippen molar-refractivity contribution in [2.45, 2.75) is 44.8 Å². The van der Waals surface area contributed by atoms with Gasteiger partial charge in [-0.05, 0) is 73.1 Å². The molecule has 3 heteroatoms. The minimum Gasteiger partial charge on any atom is -0.489 e. The van der Waals surface area contributed by atoms with Crippen molar-refractivity contribution in [3.8, 4) is 5.75 Å². The van der Waals surface area contributed by atoms with Crippen LogP contribution >= 0.6 is 12.4 Å². The smallest absolute Gasteiger partial charge is 0.120 e. The van der Waals surface area contributed by atoms with E-state index in [0.717, 1.165) is 18.1 Å². The standard InChI is InChI=1S/C25H27NO.ClH/c1-19(26-24-14-12-23(13-15-24)22-10-11-22)16-21-8-5-9-25(17-21)27-18-20-6-3-2-4-7-20;/h2-9,12-15,17,19,22,26H,10-11,16,18H2,1H3;1H/t19-;/m1./s1. The number of hydrogen-bond donors (Lipinski definition) is 1. The van der Waals surface area contributed by atoms with Gasteiger partial charge in [-0.3, -0.25) is 0 Å². The molecule has 0 amide bonds. The summed E-state index contributed by atoms with van der Waals surface area (Å²) in [6.07, 6.45) is 3.67. The van der Waals surface area contributed by atoms with Gasteiger partial charge >= 0.3 is 0 Å². The predicted molar refractivity (Wildman–Crippen MR) is 120 cm³/mol. The van der Waals surface area contributed by atoms with E-state index >= 15 is 0 Å². The minimum atomic E-state index is 0. The van der Waals surface area contributed by atoms with Crippen LogP contribution < -0.4 is 10.1 Å². The lowest BCUT2D eigenvalue weighted by Crippen LogP contribution is -2.18. The lowest BCUT2D eigenvalue weighted by atomic mass is 10.1. The number of halogens is 1. The molecular weight excluding hydrogens is 366 g/mol. The van der Waals surface area contributed by atoms with Gasteiger partial charge in [0, 0.05) is 11.7 Å². The first-order valence-electron chi connectivity index (χ1n) is 9.88. The lowest BCUT2D eigenvalue weighted by Gasteiger charge is -2.16.